The first-order valence-electron chi connectivity index (χ1n) is 3.87. The third-order valence-electron chi connectivity index (χ3n) is 1.85. The average Bonchev–Trinajstić information content (AvgIpc) is 1.85. The molecular formula is C7H12Cl3N. The maximum atomic E-state index is 5.66. The van der Waals surface area contributed by atoms with E-state index in [0.29, 0.717) is 6.54 Å². The van der Waals surface area contributed by atoms with Gasteiger partial charge in [-0.3, -0.25) is 4.90 Å². The third kappa shape index (κ3) is 4.41. The fourth-order valence-corrected chi connectivity index (χ4v) is 1.88. The molecule has 66 valence electrons. The van der Waals surface area contributed by atoms with Crippen LogP contribution >= 0.6 is 34.8 Å². The van der Waals surface area contributed by atoms with E-state index in [9.17, 15) is 0 Å². The van der Waals surface area contributed by atoms with Crippen molar-refractivity contribution in [3.8, 4) is 0 Å². The Bertz CT molecular complexity index is 115. The Hall–Kier alpha value is 0.830. The van der Waals surface area contributed by atoms with Gasteiger partial charge in [-0.15, -0.1) is 0 Å². The molecule has 0 saturated carbocycles. The van der Waals surface area contributed by atoms with E-state index in [1.54, 1.807) is 0 Å². The van der Waals surface area contributed by atoms with Crippen LogP contribution in [-0.4, -0.2) is 28.3 Å². The molecular weight excluding hydrogens is 204 g/mol. The second kappa shape index (κ2) is 4.18. The number of likely N-dealkylation sites (tertiary alicyclic amines) is 1. The lowest BCUT2D eigenvalue weighted by Crippen LogP contribution is -2.36. The molecule has 0 amide bonds. The van der Waals surface area contributed by atoms with Crippen LogP contribution in [0.5, 0.6) is 0 Å². The summed E-state index contributed by atoms with van der Waals surface area (Å²) in [7, 11) is 0. The molecule has 4 heteroatoms. The smallest absolute Gasteiger partial charge is 0.203 e. The van der Waals surface area contributed by atoms with Crippen LogP contribution in [0.4, 0.5) is 0 Å². The highest BCUT2D eigenvalue weighted by atomic mass is 35.6. The summed E-state index contributed by atoms with van der Waals surface area (Å²) in [4.78, 5) is 2.20. The largest absolute Gasteiger partial charge is 0.299 e. The van der Waals surface area contributed by atoms with Crippen molar-refractivity contribution in [1.29, 1.82) is 0 Å². The lowest BCUT2D eigenvalue weighted by atomic mass is 10.1. The van der Waals surface area contributed by atoms with Gasteiger partial charge in [0.2, 0.25) is 3.79 Å². The number of hydrogen-bond donors (Lipinski definition) is 0. The number of rotatable bonds is 1. The quantitative estimate of drug-likeness (QED) is 0.609. The van der Waals surface area contributed by atoms with Crippen LogP contribution in [0.15, 0.2) is 0 Å². The minimum absolute atomic E-state index is 0.567. The Morgan fingerprint density at radius 2 is 1.55 bits per heavy atom. The molecule has 1 rings (SSSR count). The van der Waals surface area contributed by atoms with Crippen LogP contribution in [-0.2, 0) is 0 Å². The van der Waals surface area contributed by atoms with Gasteiger partial charge in [0.05, 0.1) is 0 Å². The molecule has 1 saturated heterocycles. The summed E-state index contributed by atoms with van der Waals surface area (Å²) >= 11 is 17.0. The Morgan fingerprint density at radius 3 is 2.00 bits per heavy atom. The molecule has 1 aliphatic heterocycles. The van der Waals surface area contributed by atoms with E-state index >= 15 is 0 Å². The van der Waals surface area contributed by atoms with Crippen LogP contribution < -0.4 is 0 Å². The SMILES string of the molecule is ClC(Cl)(Cl)CN1CCCCC1. The molecule has 0 unspecified atom stereocenters. The molecule has 0 bridgehead atoms. The zero-order valence-electron chi connectivity index (χ0n) is 6.32. The third-order valence-corrected chi connectivity index (χ3v) is 2.21. The van der Waals surface area contributed by atoms with Crippen LogP contribution in [0.1, 0.15) is 19.3 Å². The molecule has 0 atom stereocenters. The van der Waals surface area contributed by atoms with Crippen molar-refractivity contribution in [3.63, 3.8) is 0 Å². The standard InChI is InChI=1S/C7H12Cl3N/c8-7(9,10)6-11-4-2-1-3-5-11/h1-6H2. The van der Waals surface area contributed by atoms with Crippen LogP contribution in [0.2, 0.25) is 0 Å². The number of piperidine rings is 1. The Morgan fingerprint density at radius 1 is 1.00 bits per heavy atom. The summed E-state index contributed by atoms with van der Waals surface area (Å²) in [5.41, 5.74) is 0. The molecule has 0 aromatic heterocycles. The number of nitrogens with zero attached hydrogens (tertiary/aromatic N) is 1. The Kier molecular flexibility index (Phi) is 3.76. The molecule has 0 radical (unpaired) electrons. The van der Waals surface area contributed by atoms with E-state index in [1.807, 2.05) is 0 Å². The predicted molar refractivity (Wildman–Crippen MR) is 50.6 cm³/mol. The highest BCUT2D eigenvalue weighted by Gasteiger charge is 2.24. The molecule has 0 spiro atoms. The van der Waals surface area contributed by atoms with Gasteiger partial charge in [-0.25, -0.2) is 0 Å². The Balaban J connectivity index is 2.24. The van der Waals surface area contributed by atoms with E-state index < -0.39 is 3.79 Å². The van der Waals surface area contributed by atoms with Crippen molar-refractivity contribution in [2.45, 2.75) is 23.1 Å². The molecule has 1 heterocycles. The molecule has 0 aromatic rings. The fraction of sp³-hybridized carbons (Fsp3) is 1.00. The average molecular weight is 217 g/mol. The van der Waals surface area contributed by atoms with Gasteiger partial charge in [-0.05, 0) is 25.9 Å². The molecule has 0 aliphatic carbocycles. The van der Waals surface area contributed by atoms with Gasteiger partial charge in [0, 0.05) is 6.54 Å². The van der Waals surface area contributed by atoms with Gasteiger partial charge < -0.3 is 0 Å². The van der Waals surface area contributed by atoms with Crippen LogP contribution in [0, 0.1) is 0 Å². The van der Waals surface area contributed by atoms with Crippen molar-refractivity contribution >= 4 is 34.8 Å². The summed E-state index contributed by atoms with van der Waals surface area (Å²) in [6.45, 7) is 2.72. The minimum atomic E-state index is -1.10. The molecule has 1 aliphatic rings. The van der Waals surface area contributed by atoms with Crippen molar-refractivity contribution in [3.05, 3.63) is 0 Å². The van der Waals surface area contributed by atoms with Crippen molar-refractivity contribution < 1.29 is 0 Å². The van der Waals surface area contributed by atoms with E-state index in [0.717, 1.165) is 13.1 Å². The number of halogens is 3. The lowest BCUT2D eigenvalue weighted by molar-refractivity contribution is 0.233. The van der Waals surface area contributed by atoms with Gasteiger partial charge in [-0.2, -0.15) is 0 Å². The predicted octanol–water partition coefficient (Wildman–Crippen LogP) is 2.84. The summed E-state index contributed by atoms with van der Waals surface area (Å²) in [5.74, 6) is 0. The molecule has 1 nitrogen and oxygen atoms in total. The maximum Gasteiger partial charge on any atom is 0.203 e. The van der Waals surface area contributed by atoms with Gasteiger partial charge >= 0.3 is 0 Å². The summed E-state index contributed by atoms with van der Waals surface area (Å²) in [6, 6.07) is 0. The first-order valence-corrected chi connectivity index (χ1v) is 5.00. The number of alkyl halides is 3. The van der Waals surface area contributed by atoms with Gasteiger partial charge in [-0.1, -0.05) is 41.2 Å². The first kappa shape index (κ1) is 9.91. The second-order valence-corrected chi connectivity index (χ2v) is 5.47. The highest BCUT2D eigenvalue weighted by Crippen LogP contribution is 2.27. The van der Waals surface area contributed by atoms with Gasteiger partial charge in [0.1, 0.15) is 0 Å². The molecule has 11 heavy (non-hydrogen) atoms. The van der Waals surface area contributed by atoms with Crippen LogP contribution in [0.3, 0.4) is 0 Å². The van der Waals surface area contributed by atoms with E-state index in [2.05, 4.69) is 4.90 Å². The van der Waals surface area contributed by atoms with Crippen molar-refractivity contribution in [1.82, 2.24) is 4.90 Å². The van der Waals surface area contributed by atoms with Crippen molar-refractivity contribution in [2.75, 3.05) is 19.6 Å². The van der Waals surface area contributed by atoms with E-state index in [-0.39, 0.29) is 0 Å². The topological polar surface area (TPSA) is 3.24 Å². The Labute approximate surface area is 82.6 Å². The van der Waals surface area contributed by atoms with E-state index in [1.165, 1.54) is 19.3 Å². The zero-order valence-corrected chi connectivity index (χ0v) is 8.59. The van der Waals surface area contributed by atoms with Gasteiger partial charge in [0.25, 0.3) is 0 Å². The van der Waals surface area contributed by atoms with E-state index in [4.69, 9.17) is 34.8 Å². The zero-order chi connectivity index (χ0) is 8.32. The highest BCUT2D eigenvalue weighted by molar-refractivity contribution is 6.67. The normalized spacial score (nSPS) is 22.1. The monoisotopic (exact) mass is 215 g/mol. The molecule has 0 aromatic carbocycles. The second-order valence-electron chi connectivity index (χ2n) is 2.95. The number of hydrogen-bond acceptors (Lipinski definition) is 1. The molecule has 0 N–H and O–H groups in total. The van der Waals surface area contributed by atoms with Crippen LogP contribution in [0.25, 0.3) is 0 Å². The minimum Gasteiger partial charge on any atom is -0.299 e. The summed E-state index contributed by atoms with van der Waals surface area (Å²) in [5, 5.41) is 0. The lowest BCUT2D eigenvalue weighted by Gasteiger charge is -2.28. The van der Waals surface area contributed by atoms with Gasteiger partial charge in [0.15, 0.2) is 0 Å². The molecule has 1 fully saturated rings. The fourth-order valence-electron chi connectivity index (χ4n) is 1.37. The summed E-state index contributed by atoms with van der Waals surface area (Å²) in [6.07, 6.45) is 3.79. The maximum absolute atomic E-state index is 5.66. The first-order chi connectivity index (χ1) is 5.08. The summed E-state index contributed by atoms with van der Waals surface area (Å²) < 4.78 is -1.10. The van der Waals surface area contributed by atoms with Crippen molar-refractivity contribution in [2.24, 2.45) is 0 Å².